The number of ether oxygens (including phenoxy) is 1. The molecule has 0 spiro atoms. The highest BCUT2D eigenvalue weighted by Gasteiger charge is 2.30. The van der Waals surface area contributed by atoms with Crippen molar-refractivity contribution in [2.45, 2.75) is 25.0 Å². The van der Waals surface area contributed by atoms with E-state index in [9.17, 15) is 18.0 Å². The van der Waals surface area contributed by atoms with E-state index in [-0.39, 0.29) is 11.7 Å². The van der Waals surface area contributed by atoms with Crippen LogP contribution in [0.15, 0.2) is 41.6 Å². The zero-order chi connectivity index (χ0) is 19.2. The number of nitrogens with zero attached hydrogens (tertiary/aromatic N) is 1. The van der Waals surface area contributed by atoms with E-state index in [1.807, 2.05) is 32.0 Å². The molecule has 1 heterocycles. The van der Waals surface area contributed by atoms with Crippen molar-refractivity contribution >= 4 is 17.7 Å². The first-order valence-corrected chi connectivity index (χ1v) is 8.87. The van der Waals surface area contributed by atoms with Gasteiger partial charge in [-0.1, -0.05) is 30.0 Å². The molecular weight excluding hydrogens is 365 g/mol. The maximum atomic E-state index is 12.5. The molecular formula is C18H19F3N2O2S. The van der Waals surface area contributed by atoms with Crippen molar-refractivity contribution in [1.29, 1.82) is 0 Å². The van der Waals surface area contributed by atoms with Gasteiger partial charge in [-0.15, -0.1) is 0 Å². The number of nitrogens with one attached hydrogen (secondary N) is 1. The number of benzene rings is 1. The van der Waals surface area contributed by atoms with Crippen LogP contribution in [0.5, 0.6) is 5.75 Å². The first-order valence-electron chi connectivity index (χ1n) is 7.89. The highest BCUT2D eigenvalue weighted by molar-refractivity contribution is 7.99. The van der Waals surface area contributed by atoms with Gasteiger partial charge in [0.05, 0.1) is 22.9 Å². The van der Waals surface area contributed by atoms with Gasteiger partial charge in [0.25, 0.3) is 0 Å². The molecule has 1 aromatic carbocycles. The summed E-state index contributed by atoms with van der Waals surface area (Å²) in [5.74, 6) is 0.647. The maximum Gasteiger partial charge on any atom is 0.417 e. The van der Waals surface area contributed by atoms with Crippen LogP contribution in [0.1, 0.15) is 16.7 Å². The van der Waals surface area contributed by atoms with Gasteiger partial charge in [0.2, 0.25) is 5.91 Å². The van der Waals surface area contributed by atoms with E-state index < -0.39 is 11.7 Å². The van der Waals surface area contributed by atoms with Crippen molar-refractivity contribution < 1.29 is 22.7 Å². The molecule has 1 aromatic heterocycles. The number of para-hydroxylation sites is 1. The van der Waals surface area contributed by atoms with Crippen LogP contribution in [0, 0.1) is 13.8 Å². The largest absolute Gasteiger partial charge is 0.491 e. The van der Waals surface area contributed by atoms with E-state index in [1.54, 1.807) is 0 Å². The Kier molecular flexibility index (Phi) is 6.90. The van der Waals surface area contributed by atoms with Crippen molar-refractivity contribution in [1.82, 2.24) is 10.3 Å². The molecule has 26 heavy (non-hydrogen) atoms. The fourth-order valence-corrected chi connectivity index (χ4v) is 2.87. The Labute approximate surface area is 154 Å². The Bertz CT molecular complexity index is 729. The maximum absolute atomic E-state index is 12.5. The van der Waals surface area contributed by atoms with E-state index in [4.69, 9.17) is 4.74 Å². The Morgan fingerprint density at radius 2 is 1.88 bits per heavy atom. The predicted molar refractivity (Wildman–Crippen MR) is 94.4 cm³/mol. The van der Waals surface area contributed by atoms with Gasteiger partial charge in [0, 0.05) is 6.20 Å². The molecule has 140 valence electrons. The second-order valence-corrected chi connectivity index (χ2v) is 6.59. The lowest BCUT2D eigenvalue weighted by Gasteiger charge is -2.12. The Morgan fingerprint density at radius 1 is 1.19 bits per heavy atom. The Hall–Kier alpha value is -2.22. The average molecular weight is 384 g/mol. The number of aromatic nitrogens is 1. The normalized spacial score (nSPS) is 11.3. The van der Waals surface area contributed by atoms with E-state index >= 15 is 0 Å². The summed E-state index contributed by atoms with van der Waals surface area (Å²) in [6.07, 6.45) is -3.65. The summed E-state index contributed by atoms with van der Waals surface area (Å²) in [5, 5.41) is 3.07. The SMILES string of the molecule is Cc1cccc(C)c1OCCNC(=O)CSc1ccc(C(F)(F)F)cn1. The van der Waals surface area contributed by atoms with Gasteiger partial charge in [0.1, 0.15) is 12.4 Å². The molecule has 0 aliphatic carbocycles. The number of hydrogen-bond donors (Lipinski definition) is 1. The molecule has 0 radical (unpaired) electrons. The third-order valence-electron chi connectivity index (χ3n) is 3.49. The van der Waals surface area contributed by atoms with Crippen molar-refractivity contribution in [2.75, 3.05) is 18.9 Å². The molecule has 0 aliphatic rings. The molecule has 0 saturated heterocycles. The zero-order valence-electron chi connectivity index (χ0n) is 14.4. The van der Waals surface area contributed by atoms with Gasteiger partial charge < -0.3 is 10.1 Å². The highest BCUT2D eigenvalue weighted by atomic mass is 32.2. The minimum Gasteiger partial charge on any atom is -0.491 e. The van der Waals surface area contributed by atoms with Crippen molar-refractivity contribution in [3.8, 4) is 5.75 Å². The molecule has 2 rings (SSSR count). The number of aryl methyl sites for hydroxylation is 2. The molecule has 0 atom stereocenters. The molecule has 8 heteroatoms. The van der Waals surface area contributed by atoms with Crippen LogP contribution in [0.25, 0.3) is 0 Å². The molecule has 0 fully saturated rings. The summed E-state index contributed by atoms with van der Waals surface area (Å²) in [6, 6.07) is 8.06. The van der Waals surface area contributed by atoms with E-state index in [0.717, 1.165) is 40.9 Å². The standard InChI is InChI=1S/C18H19F3N2O2S/c1-12-4-3-5-13(2)17(12)25-9-8-22-15(24)11-26-16-7-6-14(10-23-16)18(19,20)21/h3-7,10H,8-9,11H2,1-2H3,(H,22,24). The average Bonchev–Trinajstić information content (AvgIpc) is 2.58. The number of halogens is 3. The van der Waals surface area contributed by atoms with Crippen LogP contribution in [-0.2, 0) is 11.0 Å². The number of hydrogen-bond acceptors (Lipinski definition) is 4. The van der Waals surface area contributed by atoms with E-state index in [0.29, 0.717) is 18.2 Å². The zero-order valence-corrected chi connectivity index (χ0v) is 15.2. The van der Waals surface area contributed by atoms with Gasteiger partial charge >= 0.3 is 6.18 Å². The van der Waals surface area contributed by atoms with Gasteiger partial charge in [0.15, 0.2) is 0 Å². The Balaban J connectivity index is 1.71. The number of alkyl halides is 3. The van der Waals surface area contributed by atoms with Crippen molar-refractivity contribution in [3.63, 3.8) is 0 Å². The quantitative estimate of drug-likeness (QED) is 0.579. The molecule has 1 amide bonds. The lowest BCUT2D eigenvalue weighted by Crippen LogP contribution is -2.29. The fourth-order valence-electron chi connectivity index (χ4n) is 2.19. The molecule has 2 aromatic rings. The molecule has 0 saturated carbocycles. The summed E-state index contributed by atoms with van der Waals surface area (Å²) < 4.78 is 43.1. The topological polar surface area (TPSA) is 51.2 Å². The number of pyridine rings is 1. The van der Waals surface area contributed by atoms with E-state index in [2.05, 4.69) is 10.3 Å². The molecule has 0 aliphatic heterocycles. The summed E-state index contributed by atoms with van der Waals surface area (Å²) >= 11 is 1.08. The third-order valence-corrected chi connectivity index (χ3v) is 4.44. The minimum atomic E-state index is -4.41. The van der Waals surface area contributed by atoms with E-state index in [1.165, 1.54) is 6.07 Å². The first kappa shape index (κ1) is 20.1. The molecule has 1 N–H and O–H groups in total. The summed E-state index contributed by atoms with van der Waals surface area (Å²) in [7, 11) is 0. The van der Waals surface area contributed by atoms with Gasteiger partial charge in [-0.2, -0.15) is 13.2 Å². The summed E-state index contributed by atoms with van der Waals surface area (Å²) in [4.78, 5) is 15.5. The van der Waals surface area contributed by atoms with Gasteiger partial charge in [-0.05, 0) is 37.1 Å². The second kappa shape index (κ2) is 8.93. The smallest absolute Gasteiger partial charge is 0.417 e. The Morgan fingerprint density at radius 3 is 2.46 bits per heavy atom. The van der Waals surface area contributed by atoms with Gasteiger partial charge in [-0.3, -0.25) is 4.79 Å². The monoisotopic (exact) mass is 384 g/mol. The van der Waals surface area contributed by atoms with Gasteiger partial charge in [-0.25, -0.2) is 4.98 Å². The van der Waals surface area contributed by atoms with Crippen molar-refractivity contribution in [2.24, 2.45) is 0 Å². The van der Waals surface area contributed by atoms with Crippen LogP contribution in [-0.4, -0.2) is 29.8 Å². The number of carbonyl (C=O) groups excluding carboxylic acids is 1. The number of rotatable bonds is 7. The van der Waals surface area contributed by atoms with Crippen LogP contribution >= 0.6 is 11.8 Å². The van der Waals surface area contributed by atoms with Crippen molar-refractivity contribution in [3.05, 3.63) is 53.2 Å². The lowest BCUT2D eigenvalue weighted by molar-refractivity contribution is -0.137. The van der Waals surface area contributed by atoms with Crippen LogP contribution in [0.4, 0.5) is 13.2 Å². The molecule has 0 bridgehead atoms. The molecule has 4 nitrogen and oxygen atoms in total. The summed E-state index contributed by atoms with van der Waals surface area (Å²) in [5.41, 5.74) is 1.25. The third kappa shape index (κ3) is 5.94. The number of thioether (sulfide) groups is 1. The second-order valence-electron chi connectivity index (χ2n) is 5.59. The van der Waals surface area contributed by atoms with Crippen LogP contribution in [0.3, 0.4) is 0 Å². The first-order chi connectivity index (χ1) is 12.3. The van der Waals surface area contributed by atoms with Crippen LogP contribution in [0.2, 0.25) is 0 Å². The summed E-state index contributed by atoms with van der Waals surface area (Å²) in [6.45, 7) is 4.58. The number of carbonyl (C=O) groups is 1. The molecule has 0 unspecified atom stereocenters. The predicted octanol–water partition coefficient (Wildman–Crippen LogP) is 4.00. The lowest BCUT2D eigenvalue weighted by atomic mass is 10.1. The number of amides is 1. The highest BCUT2D eigenvalue weighted by Crippen LogP contribution is 2.29. The van der Waals surface area contributed by atoms with Crippen LogP contribution < -0.4 is 10.1 Å². The minimum absolute atomic E-state index is 0.0712. The fraction of sp³-hybridized carbons (Fsp3) is 0.333.